The van der Waals surface area contributed by atoms with E-state index >= 15 is 0 Å². The van der Waals surface area contributed by atoms with Crippen molar-refractivity contribution >= 4 is 44.5 Å². The molecular formula is C4H3BrN2S2. The van der Waals surface area contributed by atoms with Crippen LogP contribution in [0.5, 0.6) is 0 Å². The minimum Gasteiger partial charge on any atom is -0.389 e. The summed E-state index contributed by atoms with van der Waals surface area (Å²) in [6.07, 6.45) is 1.65. The minimum absolute atomic E-state index is 0.401. The molecule has 1 rings (SSSR count). The first-order valence-electron chi connectivity index (χ1n) is 2.11. The van der Waals surface area contributed by atoms with Gasteiger partial charge in [-0.2, -0.15) is 0 Å². The lowest BCUT2D eigenvalue weighted by Crippen LogP contribution is -2.06. The van der Waals surface area contributed by atoms with Gasteiger partial charge >= 0.3 is 0 Å². The van der Waals surface area contributed by atoms with Crippen LogP contribution in [0, 0.1) is 0 Å². The van der Waals surface area contributed by atoms with Crippen LogP contribution in [-0.2, 0) is 0 Å². The van der Waals surface area contributed by atoms with Crippen LogP contribution in [0.4, 0.5) is 0 Å². The molecule has 48 valence electrons. The summed E-state index contributed by atoms with van der Waals surface area (Å²) in [5, 5.41) is 0. The van der Waals surface area contributed by atoms with E-state index in [0.29, 0.717) is 4.99 Å². The second kappa shape index (κ2) is 2.72. The Balaban J connectivity index is 2.98. The summed E-state index contributed by atoms with van der Waals surface area (Å²) in [6, 6.07) is 0. The highest BCUT2D eigenvalue weighted by Gasteiger charge is 1.99. The maximum absolute atomic E-state index is 5.31. The van der Waals surface area contributed by atoms with E-state index < -0.39 is 0 Å². The van der Waals surface area contributed by atoms with E-state index in [1.54, 1.807) is 6.20 Å². The number of hydrogen-bond acceptors (Lipinski definition) is 3. The van der Waals surface area contributed by atoms with Crippen molar-refractivity contribution in [1.82, 2.24) is 4.98 Å². The van der Waals surface area contributed by atoms with Gasteiger partial charge in [-0.05, 0) is 15.9 Å². The normalized spacial score (nSPS) is 9.44. The monoisotopic (exact) mass is 222 g/mol. The average molecular weight is 223 g/mol. The number of nitrogens with two attached hydrogens (primary N) is 1. The molecule has 0 aliphatic carbocycles. The fourth-order valence-corrected chi connectivity index (χ4v) is 1.66. The van der Waals surface area contributed by atoms with Crippen LogP contribution >= 0.6 is 39.5 Å². The number of rotatable bonds is 1. The zero-order chi connectivity index (χ0) is 6.85. The van der Waals surface area contributed by atoms with Crippen LogP contribution in [0.1, 0.15) is 4.88 Å². The largest absolute Gasteiger partial charge is 0.389 e. The molecule has 0 saturated heterocycles. The van der Waals surface area contributed by atoms with Gasteiger partial charge in [-0.3, -0.25) is 0 Å². The van der Waals surface area contributed by atoms with Crippen LogP contribution in [-0.4, -0.2) is 9.97 Å². The van der Waals surface area contributed by atoms with Crippen LogP contribution < -0.4 is 5.73 Å². The topological polar surface area (TPSA) is 38.9 Å². The summed E-state index contributed by atoms with van der Waals surface area (Å²) in [5.74, 6) is 0. The number of halogens is 1. The Morgan fingerprint density at radius 2 is 2.56 bits per heavy atom. The molecule has 0 bridgehead atoms. The third-order valence-corrected chi connectivity index (χ3v) is 2.58. The number of nitrogens with zero attached hydrogens (tertiary/aromatic N) is 1. The van der Waals surface area contributed by atoms with E-state index in [4.69, 9.17) is 18.0 Å². The Kier molecular flexibility index (Phi) is 2.15. The third kappa shape index (κ3) is 1.70. The van der Waals surface area contributed by atoms with Crippen molar-refractivity contribution in [3.63, 3.8) is 0 Å². The van der Waals surface area contributed by atoms with Crippen LogP contribution in [0.15, 0.2) is 10.1 Å². The van der Waals surface area contributed by atoms with Gasteiger partial charge in [0, 0.05) is 6.20 Å². The zero-order valence-electron chi connectivity index (χ0n) is 4.30. The Hall–Kier alpha value is -0.0000000000000000833. The lowest BCUT2D eigenvalue weighted by atomic mass is 10.6. The Morgan fingerprint density at radius 3 is 2.78 bits per heavy atom. The van der Waals surface area contributed by atoms with Crippen LogP contribution in [0.3, 0.4) is 0 Å². The molecule has 0 fully saturated rings. The van der Waals surface area contributed by atoms with Crippen molar-refractivity contribution < 1.29 is 0 Å². The molecule has 1 aromatic rings. The predicted octanol–water partition coefficient (Wildman–Crippen LogP) is 1.54. The van der Waals surface area contributed by atoms with Gasteiger partial charge in [-0.25, -0.2) is 4.98 Å². The average Bonchev–Trinajstić information content (AvgIpc) is 2.14. The first kappa shape index (κ1) is 7.11. The van der Waals surface area contributed by atoms with E-state index in [0.717, 1.165) is 8.79 Å². The third-order valence-electron chi connectivity index (χ3n) is 0.720. The van der Waals surface area contributed by atoms with Gasteiger partial charge in [-0.15, -0.1) is 11.3 Å². The fraction of sp³-hybridized carbons (Fsp3) is 0. The van der Waals surface area contributed by atoms with E-state index in [-0.39, 0.29) is 0 Å². The molecule has 0 radical (unpaired) electrons. The minimum atomic E-state index is 0.401. The van der Waals surface area contributed by atoms with Crippen molar-refractivity contribution in [3.05, 3.63) is 15.0 Å². The van der Waals surface area contributed by atoms with E-state index in [2.05, 4.69) is 20.9 Å². The lowest BCUT2D eigenvalue weighted by Gasteiger charge is -1.83. The second-order valence-electron chi connectivity index (χ2n) is 1.34. The van der Waals surface area contributed by atoms with Crippen molar-refractivity contribution in [2.45, 2.75) is 0 Å². The predicted molar refractivity (Wildman–Crippen MR) is 45.7 cm³/mol. The zero-order valence-corrected chi connectivity index (χ0v) is 7.52. The number of thiocarbonyl (C=S) groups is 1. The summed E-state index contributed by atoms with van der Waals surface area (Å²) in [4.78, 5) is 5.15. The number of thiazole rings is 1. The molecule has 0 atom stereocenters. The molecule has 0 amide bonds. The Morgan fingerprint density at radius 1 is 1.89 bits per heavy atom. The smallest absolute Gasteiger partial charge is 0.159 e. The van der Waals surface area contributed by atoms with Crippen molar-refractivity contribution in [2.24, 2.45) is 5.73 Å². The van der Waals surface area contributed by atoms with Crippen molar-refractivity contribution in [1.29, 1.82) is 0 Å². The van der Waals surface area contributed by atoms with E-state index in [1.165, 1.54) is 11.3 Å². The molecule has 0 spiro atoms. The molecule has 1 heterocycles. The van der Waals surface area contributed by atoms with Gasteiger partial charge in [0.05, 0.1) is 4.88 Å². The molecule has 0 saturated carbocycles. The lowest BCUT2D eigenvalue weighted by molar-refractivity contribution is 1.38. The first-order valence-corrected chi connectivity index (χ1v) is 4.13. The van der Waals surface area contributed by atoms with Crippen molar-refractivity contribution in [2.75, 3.05) is 0 Å². The van der Waals surface area contributed by atoms with Gasteiger partial charge in [0.1, 0.15) is 4.99 Å². The summed E-state index contributed by atoms with van der Waals surface area (Å²) < 4.78 is 0.810. The van der Waals surface area contributed by atoms with Crippen LogP contribution in [0.2, 0.25) is 0 Å². The summed E-state index contributed by atoms with van der Waals surface area (Å²) in [7, 11) is 0. The SMILES string of the molecule is NC(=S)c1cnc(Br)s1. The molecule has 5 heteroatoms. The van der Waals surface area contributed by atoms with E-state index in [1.807, 2.05) is 0 Å². The van der Waals surface area contributed by atoms with Gasteiger partial charge in [-0.1, -0.05) is 12.2 Å². The Bertz CT molecular complexity index is 232. The second-order valence-corrected chi connectivity index (χ2v) is 4.09. The molecule has 1 aromatic heterocycles. The molecule has 2 N–H and O–H groups in total. The molecule has 0 aromatic carbocycles. The highest BCUT2D eigenvalue weighted by atomic mass is 79.9. The Labute approximate surface area is 70.2 Å². The highest BCUT2D eigenvalue weighted by Crippen LogP contribution is 2.17. The molecule has 0 aliphatic heterocycles. The maximum Gasteiger partial charge on any atom is 0.159 e. The fourth-order valence-electron chi connectivity index (χ4n) is 0.367. The van der Waals surface area contributed by atoms with Gasteiger partial charge in [0.2, 0.25) is 0 Å². The molecule has 0 aliphatic rings. The standard InChI is InChI=1S/C4H3BrN2S2/c5-4-7-1-2(9-4)3(6)8/h1H,(H2,6,8). The van der Waals surface area contributed by atoms with Crippen LogP contribution in [0.25, 0.3) is 0 Å². The number of aromatic nitrogens is 1. The quantitative estimate of drug-likeness (QED) is 0.734. The molecule has 9 heavy (non-hydrogen) atoms. The molecule has 2 nitrogen and oxygen atoms in total. The summed E-state index contributed by atoms with van der Waals surface area (Å²) in [5.41, 5.74) is 5.31. The number of hydrogen-bond donors (Lipinski definition) is 1. The van der Waals surface area contributed by atoms with E-state index in [9.17, 15) is 0 Å². The summed E-state index contributed by atoms with van der Waals surface area (Å²) >= 11 is 9.33. The van der Waals surface area contributed by atoms with Gasteiger partial charge < -0.3 is 5.73 Å². The molecule has 0 unspecified atom stereocenters. The van der Waals surface area contributed by atoms with Gasteiger partial charge in [0.25, 0.3) is 0 Å². The highest BCUT2D eigenvalue weighted by molar-refractivity contribution is 9.11. The summed E-state index contributed by atoms with van der Waals surface area (Å²) in [6.45, 7) is 0. The molecular weight excluding hydrogens is 220 g/mol. The first-order chi connectivity index (χ1) is 4.20. The maximum atomic E-state index is 5.31. The van der Waals surface area contributed by atoms with Crippen molar-refractivity contribution in [3.8, 4) is 0 Å². The van der Waals surface area contributed by atoms with Gasteiger partial charge in [0.15, 0.2) is 3.92 Å².